The molecule has 0 aromatic rings. The molecule has 2 saturated heterocycles. The maximum absolute atomic E-state index is 12.0. The van der Waals surface area contributed by atoms with E-state index in [1.54, 1.807) is 14.2 Å². The Morgan fingerprint density at radius 3 is 1.77 bits per heavy atom. The van der Waals surface area contributed by atoms with Gasteiger partial charge in [0.25, 0.3) is 17.7 Å². The Bertz CT molecular complexity index is 1290. The number of halogens is 2. The summed E-state index contributed by atoms with van der Waals surface area (Å²) in [6.45, 7) is 0. The summed E-state index contributed by atoms with van der Waals surface area (Å²) >= 11 is 0.364. The van der Waals surface area contributed by atoms with Crippen molar-refractivity contribution in [1.82, 2.24) is 15.5 Å². The molecule has 26 heteroatoms. The van der Waals surface area contributed by atoms with E-state index in [0.29, 0.717) is 61.0 Å². The van der Waals surface area contributed by atoms with Crippen molar-refractivity contribution >= 4 is 69.5 Å². The molecule has 20 nitrogen and oxygen atoms in total. The Kier molecular flexibility index (Phi) is 34.5. The van der Waals surface area contributed by atoms with Crippen LogP contribution in [0.25, 0.3) is 0 Å². The first-order valence-electron chi connectivity index (χ1n) is 14.8. The van der Waals surface area contributed by atoms with Crippen molar-refractivity contribution in [3.63, 3.8) is 0 Å². The predicted octanol–water partition coefficient (Wildman–Crippen LogP) is -15.6. The number of carbonyl (C=O) groups excluding carboxylic acids is 6. The number of carbonyl (C=O) groups is 6. The van der Waals surface area contributed by atoms with Gasteiger partial charge in [-0.25, -0.2) is 24.0 Å². The molecule has 2 unspecified atom stereocenters. The monoisotopic (exact) mass is 843 g/mol. The summed E-state index contributed by atoms with van der Waals surface area (Å²) in [5.74, 6) is -4.22. The van der Waals surface area contributed by atoms with E-state index in [4.69, 9.17) is 20.3 Å². The van der Waals surface area contributed by atoms with Crippen LogP contribution in [0.2, 0.25) is 0 Å². The van der Waals surface area contributed by atoms with Gasteiger partial charge < -0.3 is 48.9 Å². The van der Waals surface area contributed by atoms with Gasteiger partial charge in [-0.1, -0.05) is 25.7 Å². The maximum Gasteiger partial charge on any atom is 1.00 e. The van der Waals surface area contributed by atoms with Crippen molar-refractivity contribution in [1.29, 1.82) is 0 Å². The van der Waals surface area contributed by atoms with Gasteiger partial charge in [0.2, 0.25) is 11.8 Å². The van der Waals surface area contributed by atoms with Crippen LogP contribution in [0.1, 0.15) is 89.9 Å². The average molecular weight is 845 g/mol. The molecule has 0 saturated carbocycles. The fraction of sp³-hybridized carbons (Fsp3) is 0.692. The van der Waals surface area contributed by atoms with Crippen LogP contribution in [0.4, 0.5) is 0 Å². The van der Waals surface area contributed by atoms with Crippen molar-refractivity contribution in [2.75, 3.05) is 14.2 Å². The third-order valence-electron chi connectivity index (χ3n) is 6.78. The van der Waals surface area contributed by atoms with Gasteiger partial charge in [-0.05, 0) is 25.7 Å². The smallest absolute Gasteiger partial charge is 1.00 e. The molecule has 0 spiro atoms. The molecule has 2 fully saturated rings. The summed E-state index contributed by atoms with van der Waals surface area (Å²) in [4.78, 5) is 75.4. The van der Waals surface area contributed by atoms with Crippen molar-refractivity contribution in [3.05, 3.63) is 0 Å². The first-order chi connectivity index (χ1) is 22.7. The van der Waals surface area contributed by atoms with Crippen molar-refractivity contribution in [3.8, 4) is 0 Å². The van der Waals surface area contributed by atoms with Gasteiger partial charge in [-0.2, -0.15) is 9.34 Å². The Balaban J connectivity index is -0.000000582. The predicted molar refractivity (Wildman–Crippen MR) is 157 cm³/mol. The summed E-state index contributed by atoms with van der Waals surface area (Å²) in [7, 11) is -1.87. The van der Waals surface area contributed by atoms with Crippen LogP contribution in [0, 0.1) is 0 Å². The molecule has 52 heavy (non-hydrogen) atoms. The Morgan fingerprint density at radius 2 is 1.29 bits per heavy atom. The molecule has 2 atom stereocenters. The second-order valence-corrected chi connectivity index (χ2v) is 12.8. The van der Waals surface area contributed by atoms with Crippen LogP contribution in [-0.2, 0) is 62.6 Å². The molecule has 2 rings (SSSR count). The van der Waals surface area contributed by atoms with Gasteiger partial charge in [0.15, 0.2) is 0 Å². The summed E-state index contributed by atoms with van der Waals surface area (Å²) in [5.41, 5.74) is 2.19. The quantitative estimate of drug-likeness (QED) is 0.0118. The fourth-order valence-electron chi connectivity index (χ4n) is 4.16. The van der Waals surface area contributed by atoms with E-state index in [9.17, 15) is 47.0 Å². The topological polar surface area (TPSA) is 299 Å². The average Bonchev–Trinajstić information content (AvgIpc) is 3.47. The zero-order chi connectivity index (χ0) is 36.3. The van der Waals surface area contributed by atoms with Crippen LogP contribution in [0.5, 0.6) is 0 Å². The SMILES string of the molecule is COC(=[NH2+])CCCCCC(=[NH2+])OC.O=C(CCCCCCCC(=O)ON1C(=O)CC(S(=O)(=O)[O-])C1=O)NN1C(=O)CC(SOO[O-])C1=O.[Cl-].[Cl-].[Na+].[Na+]. The second kappa shape index (κ2) is 31.1. The van der Waals surface area contributed by atoms with Gasteiger partial charge in [0, 0.05) is 24.9 Å². The molecule has 0 bridgehead atoms. The number of hydrogen-bond acceptors (Lipinski definition) is 16. The van der Waals surface area contributed by atoms with E-state index in [1.165, 1.54) is 0 Å². The molecular formula is C26H41Cl2N5Na2O15S2. The first-order valence-corrected chi connectivity index (χ1v) is 17.0. The van der Waals surface area contributed by atoms with E-state index in [1.807, 2.05) is 0 Å². The minimum atomic E-state index is -5.05. The van der Waals surface area contributed by atoms with E-state index >= 15 is 0 Å². The molecule has 2 heterocycles. The van der Waals surface area contributed by atoms with E-state index in [0.717, 1.165) is 32.1 Å². The second-order valence-electron chi connectivity index (χ2n) is 10.4. The zero-order valence-corrected chi connectivity index (χ0v) is 36.4. The van der Waals surface area contributed by atoms with Gasteiger partial charge in [-0.3, -0.25) is 34.4 Å². The number of hydrazine groups is 1. The summed E-state index contributed by atoms with van der Waals surface area (Å²) in [6.07, 6.45) is 5.94. The Labute approximate surface area is 362 Å². The number of amides is 5. The molecule has 0 aromatic carbocycles. The van der Waals surface area contributed by atoms with Crippen LogP contribution < -0.4 is 105 Å². The number of nitrogens with one attached hydrogen (secondary N) is 1. The summed E-state index contributed by atoms with van der Waals surface area (Å²) in [6, 6.07) is 0. The van der Waals surface area contributed by atoms with Crippen molar-refractivity contribution < 1.29 is 165 Å². The van der Waals surface area contributed by atoms with Gasteiger partial charge >= 0.3 is 76.9 Å². The van der Waals surface area contributed by atoms with Crippen LogP contribution >= 0.6 is 12.0 Å². The molecule has 2 aliphatic rings. The number of methoxy groups -OCH3 is 2. The molecular weight excluding hydrogens is 803 g/mol. The normalized spacial score (nSPS) is 16.2. The number of unbranched alkanes of at least 4 members (excludes halogenated alkanes) is 6. The largest absolute Gasteiger partial charge is 1.00 e. The van der Waals surface area contributed by atoms with Crippen LogP contribution in [0.15, 0.2) is 0 Å². The third-order valence-corrected chi connectivity index (χ3v) is 8.58. The van der Waals surface area contributed by atoms with Gasteiger partial charge in [-0.15, -0.1) is 5.06 Å². The number of rotatable bonds is 20. The van der Waals surface area contributed by atoms with Gasteiger partial charge in [0.05, 0.1) is 39.9 Å². The van der Waals surface area contributed by atoms with Crippen molar-refractivity contribution in [2.45, 2.75) is 100 Å². The molecule has 288 valence electrons. The summed E-state index contributed by atoms with van der Waals surface area (Å²) < 4.78 is 46.6. The Hall–Kier alpha value is -1.12. The van der Waals surface area contributed by atoms with E-state index < -0.39 is 62.5 Å². The van der Waals surface area contributed by atoms with Gasteiger partial charge in [0.1, 0.15) is 20.6 Å². The van der Waals surface area contributed by atoms with E-state index in [2.05, 4.69) is 19.6 Å². The van der Waals surface area contributed by atoms with Crippen LogP contribution in [-0.4, -0.2) is 95.1 Å². The minimum Gasteiger partial charge on any atom is -1.00 e. The number of imide groups is 2. The summed E-state index contributed by atoms with van der Waals surface area (Å²) in [5, 5.41) is 21.3. The molecule has 5 amide bonds. The number of hydrogen-bond donors (Lipinski definition) is 3. The number of hydroxylamine groups is 2. The third kappa shape index (κ3) is 22.3. The Morgan fingerprint density at radius 1 is 0.808 bits per heavy atom. The number of nitrogens with zero attached hydrogens (tertiary/aromatic N) is 2. The fourth-order valence-corrected chi connectivity index (χ4v) is 5.37. The minimum absolute atomic E-state index is 0. The number of nitrogens with two attached hydrogens (primary N) is 2. The standard InChI is InChI=1S/C17H23N3O13S2.C9H18N2O2.2ClH.2Na/c21-12(18-19-13(22)8-10(16(19)25)34-33-32-27)6-4-2-1-3-5-7-15(24)31-20-14(23)9-11(17(20)26)35(28,29)30;1-12-8(10)6-4-3-5-7-9(11)13-2;;;;/h10-11,27H,1-9H2,(H,18,21)(H,28,29,30);10-11H,3-7H2,1-2H3;2*1H;;/q;;;;2*+1/p-2. The zero-order valence-electron chi connectivity index (χ0n) is 29.3. The maximum atomic E-state index is 12.0. The number of ether oxygens (including phenoxy) is 2. The molecule has 0 radical (unpaired) electrons. The van der Waals surface area contributed by atoms with Crippen LogP contribution in [0.3, 0.4) is 0 Å². The molecule has 5 N–H and O–H groups in total. The first kappa shape index (κ1) is 57.6. The van der Waals surface area contributed by atoms with E-state index in [-0.39, 0.29) is 108 Å². The van der Waals surface area contributed by atoms with Crippen molar-refractivity contribution in [2.24, 2.45) is 0 Å². The molecule has 2 aliphatic heterocycles. The molecule has 0 aliphatic carbocycles. The molecule has 0 aromatic heterocycles.